The summed E-state index contributed by atoms with van der Waals surface area (Å²) in [5.74, 6) is -1.49. The highest BCUT2D eigenvalue weighted by Gasteiger charge is 2.42. The molecule has 0 unspecified atom stereocenters. The van der Waals surface area contributed by atoms with Crippen LogP contribution in [0.5, 0.6) is 0 Å². The Morgan fingerprint density at radius 2 is 1.88 bits per heavy atom. The molecule has 1 fully saturated rings. The van der Waals surface area contributed by atoms with Crippen LogP contribution in [0.2, 0.25) is 0 Å². The first-order chi connectivity index (χ1) is 7.98. The Morgan fingerprint density at radius 1 is 1.24 bits per heavy atom. The highest BCUT2D eigenvalue weighted by Crippen LogP contribution is 2.40. The lowest BCUT2D eigenvalue weighted by molar-refractivity contribution is -0.183. The van der Waals surface area contributed by atoms with Gasteiger partial charge in [0.05, 0.1) is 12.2 Å². The summed E-state index contributed by atoms with van der Waals surface area (Å²) in [5, 5.41) is 0. The fourth-order valence-electron chi connectivity index (χ4n) is 2.30. The lowest BCUT2D eigenvalue weighted by Crippen LogP contribution is -2.30. The van der Waals surface area contributed by atoms with Gasteiger partial charge in [-0.05, 0) is 37.8 Å². The van der Waals surface area contributed by atoms with Crippen LogP contribution >= 0.6 is 0 Å². The molecular formula is C12H13F3O2. The second-order valence-electron chi connectivity index (χ2n) is 4.43. The van der Waals surface area contributed by atoms with Gasteiger partial charge in [0.1, 0.15) is 0 Å². The van der Waals surface area contributed by atoms with E-state index < -0.39 is 12.1 Å². The van der Waals surface area contributed by atoms with Crippen LogP contribution in [0.15, 0.2) is 22.8 Å². The van der Waals surface area contributed by atoms with E-state index in [-0.39, 0.29) is 30.3 Å². The van der Waals surface area contributed by atoms with Crippen molar-refractivity contribution in [1.82, 2.24) is 0 Å². The van der Waals surface area contributed by atoms with Crippen LogP contribution in [-0.4, -0.2) is 12.0 Å². The standard InChI is InChI=1S/C12H13F3O2/c13-12(14,15)9-5-3-8(4-6-9)11(16)10-2-1-7-17-10/h1-2,7-9H,3-6H2. The number of rotatable bonds is 2. The Kier molecular flexibility index (Phi) is 3.26. The molecule has 1 heterocycles. The van der Waals surface area contributed by atoms with Gasteiger partial charge < -0.3 is 4.42 Å². The first-order valence-corrected chi connectivity index (χ1v) is 5.63. The molecule has 17 heavy (non-hydrogen) atoms. The predicted molar refractivity (Wildman–Crippen MR) is 54.5 cm³/mol. The lowest BCUT2D eigenvalue weighted by Gasteiger charge is -2.28. The number of alkyl halides is 3. The van der Waals surface area contributed by atoms with Gasteiger partial charge in [-0.3, -0.25) is 4.79 Å². The van der Waals surface area contributed by atoms with Crippen LogP contribution in [0.3, 0.4) is 0 Å². The maximum absolute atomic E-state index is 12.4. The van der Waals surface area contributed by atoms with Gasteiger partial charge in [0.2, 0.25) is 5.78 Å². The van der Waals surface area contributed by atoms with Gasteiger partial charge in [-0.25, -0.2) is 0 Å². The Labute approximate surface area is 96.8 Å². The average molecular weight is 246 g/mol. The maximum Gasteiger partial charge on any atom is 0.391 e. The van der Waals surface area contributed by atoms with E-state index in [1.165, 1.54) is 6.26 Å². The number of furan rings is 1. The normalized spacial score (nSPS) is 25.8. The molecule has 0 spiro atoms. The van der Waals surface area contributed by atoms with Gasteiger partial charge in [-0.15, -0.1) is 0 Å². The molecule has 1 aromatic rings. The van der Waals surface area contributed by atoms with Crippen molar-refractivity contribution in [1.29, 1.82) is 0 Å². The van der Waals surface area contributed by atoms with Crippen molar-refractivity contribution in [2.75, 3.05) is 0 Å². The summed E-state index contributed by atoms with van der Waals surface area (Å²) in [6, 6.07) is 3.16. The van der Waals surface area contributed by atoms with Crippen LogP contribution in [0.1, 0.15) is 36.2 Å². The Balaban J connectivity index is 1.94. The molecular weight excluding hydrogens is 233 g/mol. The smallest absolute Gasteiger partial charge is 0.391 e. The highest BCUT2D eigenvalue weighted by molar-refractivity contribution is 5.95. The van der Waals surface area contributed by atoms with Gasteiger partial charge in [0.15, 0.2) is 5.76 Å². The Morgan fingerprint density at radius 3 is 2.35 bits per heavy atom. The monoisotopic (exact) mass is 246 g/mol. The summed E-state index contributed by atoms with van der Waals surface area (Å²) in [7, 11) is 0. The fraction of sp³-hybridized carbons (Fsp3) is 0.583. The van der Waals surface area contributed by atoms with Crippen LogP contribution in [0, 0.1) is 11.8 Å². The second-order valence-corrected chi connectivity index (χ2v) is 4.43. The first kappa shape index (κ1) is 12.2. The number of hydrogen-bond acceptors (Lipinski definition) is 2. The zero-order valence-electron chi connectivity index (χ0n) is 9.17. The third-order valence-electron chi connectivity index (χ3n) is 3.32. The van der Waals surface area contributed by atoms with E-state index in [1.807, 2.05) is 0 Å². The zero-order chi connectivity index (χ0) is 12.5. The molecule has 5 heteroatoms. The number of Topliss-reactive ketones (excluding diaryl/α,β-unsaturated/α-hetero) is 1. The molecule has 1 aliphatic carbocycles. The van der Waals surface area contributed by atoms with E-state index in [2.05, 4.69) is 0 Å². The minimum atomic E-state index is -4.13. The topological polar surface area (TPSA) is 30.2 Å². The second kappa shape index (κ2) is 4.55. The van der Waals surface area contributed by atoms with E-state index in [9.17, 15) is 18.0 Å². The maximum atomic E-state index is 12.4. The largest absolute Gasteiger partial charge is 0.461 e. The number of carbonyl (C=O) groups is 1. The van der Waals surface area contributed by atoms with Gasteiger partial charge in [0, 0.05) is 5.92 Å². The van der Waals surface area contributed by atoms with Crippen molar-refractivity contribution in [3.63, 3.8) is 0 Å². The van der Waals surface area contributed by atoms with Crippen LogP contribution in [-0.2, 0) is 0 Å². The van der Waals surface area contributed by atoms with Crippen molar-refractivity contribution in [3.05, 3.63) is 24.2 Å². The molecule has 2 nitrogen and oxygen atoms in total. The summed E-state index contributed by atoms with van der Waals surface area (Å²) in [4.78, 5) is 11.8. The van der Waals surface area contributed by atoms with E-state index in [0.717, 1.165) is 0 Å². The lowest BCUT2D eigenvalue weighted by atomic mass is 9.79. The van der Waals surface area contributed by atoms with Crippen molar-refractivity contribution in [2.24, 2.45) is 11.8 Å². The van der Waals surface area contributed by atoms with E-state index in [0.29, 0.717) is 12.8 Å². The third kappa shape index (κ3) is 2.70. The molecule has 0 bridgehead atoms. The number of hydrogen-bond donors (Lipinski definition) is 0. The zero-order valence-corrected chi connectivity index (χ0v) is 9.17. The van der Waals surface area contributed by atoms with Crippen molar-refractivity contribution < 1.29 is 22.4 Å². The molecule has 0 atom stereocenters. The molecule has 0 aliphatic heterocycles. The van der Waals surface area contributed by atoms with E-state index >= 15 is 0 Å². The minimum absolute atomic E-state index is 0.0423. The summed E-state index contributed by atoms with van der Waals surface area (Å²) in [5.41, 5.74) is 0. The highest BCUT2D eigenvalue weighted by atomic mass is 19.4. The Hall–Kier alpha value is -1.26. The van der Waals surface area contributed by atoms with Crippen molar-refractivity contribution in [2.45, 2.75) is 31.9 Å². The molecule has 0 radical (unpaired) electrons. The summed E-state index contributed by atoms with van der Waals surface area (Å²) >= 11 is 0. The number of carbonyl (C=O) groups excluding carboxylic acids is 1. The van der Waals surface area contributed by atoms with Crippen molar-refractivity contribution in [3.8, 4) is 0 Å². The van der Waals surface area contributed by atoms with Crippen LogP contribution < -0.4 is 0 Å². The predicted octanol–water partition coefficient (Wildman–Crippen LogP) is 3.83. The molecule has 0 aromatic carbocycles. The molecule has 2 rings (SSSR count). The average Bonchev–Trinajstić information content (AvgIpc) is 2.80. The molecule has 94 valence electrons. The quantitative estimate of drug-likeness (QED) is 0.742. The first-order valence-electron chi connectivity index (χ1n) is 5.63. The van der Waals surface area contributed by atoms with Gasteiger partial charge in [-0.2, -0.15) is 13.2 Å². The summed E-state index contributed by atoms with van der Waals surface area (Å²) < 4.78 is 42.3. The number of halogens is 3. The van der Waals surface area contributed by atoms with Crippen LogP contribution in [0.4, 0.5) is 13.2 Å². The van der Waals surface area contributed by atoms with E-state index in [1.54, 1.807) is 12.1 Å². The molecule has 0 N–H and O–H groups in total. The SMILES string of the molecule is O=C(c1ccco1)C1CCC(C(F)(F)F)CC1. The summed E-state index contributed by atoms with van der Waals surface area (Å²) in [6.45, 7) is 0. The van der Waals surface area contributed by atoms with Gasteiger partial charge in [-0.1, -0.05) is 0 Å². The minimum Gasteiger partial charge on any atom is -0.461 e. The van der Waals surface area contributed by atoms with Crippen LogP contribution in [0.25, 0.3) is 0 Å². The molecule has 1 aliphatic rings. The van der Waals surface area contributed by atoms with E-state index in [4.69, 9.17) is 4.42 Å². The summed E-state index contributed by atoms with van der Waals surface area (Å²) in [6.07, 6.45) is -2.05. The molecule has 0 amide bonds. The molecule has 1 saturated carbocycles. The Bertz CT molecular complexity index is 373. The fourth-order valence-corrected chi connectivity index (χ4v) is 2.30. The van der Waals surface area contributed by atoms with Gasteiger partial charge in [0.25, 0.3) is 0 Å². The van der Waals surface area contributed by atoms with Crippen molar-refractivity contribution >= 4 is 5.78 Å². The molecule has 0 saturated heterocycles. The van der Waals surface area contributed by atoms with Gasteiger partial charge >= 0.3 is 6.18 Å². The third-order valence-corrected chi connectivity index (χ3v) is 3.32. The number of ketones is 1. The molecule has 1 aromatic heterocycles.